The summed E-state index contributed by atoms with van der Waals surface area (Å²) in [6, 6.07) is 12.1. The third-order valence-electron chi connectivity index (χ3n) is 3.74. The third kappa shape index (κ3) is 2.73. The average molecular weight is 288 g/mol. The lowest BCUT2D eigenvalue weighted by Crippen LogP contribution is -2.24. The van der Waals surface area contributed by atoms with Crippen LogP contribution in [0.15, 0.2) is 36.4 Å². The minimum Gasteiger partial charge on any atom is -0.384 e. The Morgan fingerprint density at radius 2 is 2.00 bits per heavy atom. The Labute approximate surface area is 124 Å². The number of hydrogen-bond donors (Lipinski definition) is 1. The molecule has 0 amide bonds. The van der Waals surface area contributed by atoms with E-state index in [1.165, 1.54) is 24.1 Å². The minimum absolute atomic E-state index is 0.521. The van der Waals surface area contributed by atoms with Crippen LogP contribution in [0.2, 0.25) is 5.02 Å². The molecule has 20 heavy (non-hydrogen) atoms. The van der Waals surface area contributed by atoms with Gasteiger partial charge < -0.3 is 10.6 Å². The summed E-state index contributed by atoms with van der Waals surface area (Å²) in [6.07, 6.45) is 3.56. The lowest BCUT2D eigenvalue weighted by molar-refractivity contribution is 0.708. The first-order valence-electron chi connectivity index (χ1n) is 6.98. The summed E-state index contributed by atoms with van der Waals surface area (Å²) in [5, 5.41) is 0.681. The van der Waals surface area contributed by atoms with E-state index in [0.29, 0.717) is 17.4 Å². The van der Waals surface area contributed by atoms with Gasteiger partial charge in [0.2, 0.25) is 0 Å². The van der Waals surface area contributed by atoms with Crippen LogP contribution in [0.3, 0.4) is 0 Å². The van der Waals surface area contributed by atoms with E-state index in [4.69, 9.17) is 17.3 Å². The van der Waals surface area contributed by atoms with Gasteiger partial charge in [0.05, 0.1) is 17.3 Å². The number of fused-ring (bicyclic) bond motifs is 1. The second kappa shape index (κ2) is 5.71. The van der Waals surface area contributed by atoms with Crippen molar-refractivity contribution >= 4 is 23.1 Å². The Bertz CT molecular complexity index is 612. The first kappa shape index (κ1) is 13.3. The molecule has 0 bridgehead atoms. The normalized spacial score (nSPS) is 14.8. The Kier molecular flexibility index (Phi) is 3.79. The number of anilines is 2. The van der Waals surface area contributed by atoms with Crippen molar-refractivity contribution in [3.8, 4) is 0 Å². The number of nitrogen functional groups attached to an aromatic ring is 1. The van der Waals surface area contributed by atoms with E-state index in [0.717, 1.165) is 18.7 Å². The van der Waals surface area contributed by atoms with Gasteiger partial charge in [0.1, 0.15) is 5.82 Å². The highest BCUT2D eigenvalue weighted by molar-refractivity contribution is 6.31. The summed E-state index contributed by atoms with van der Waals surface area (Å²) in [4.78, 5) is 6.73. The third-order valence-corrected chi connectivity index (χ3v) is 4.08. The predicted octanol–water partition coefficient (Wildman–Crippen LogP) is 3.66. The fraction of sp³-hybridized carbons (Fsp3) is 0.312. The smallest absolute Gasteiger partial charge is 0.123 e. The number of nitrogens with zero attached hydrogens (tertiary/aromatic N) is 2. The standard InChI is InChI=1S/C16H18ClN3/c17-13-8-9-16(18)19-14(13)11-20-10-4-3-6-12-5-1-2-7-15(12)20/h1-2,5,7-9H,3-4,6,10-11H2,(H2,18,19). The Hall–Kier alpha value is -1.74. The Morgan fingerprint density at radius 1 is 1.15 bits per heavy atom. The maximum absolute atomic E-state index is 6.24. The zero-order chi connectivity index (χ0) is 13.9. The van der Waals surface area contributed by atoms with E-state index < -0.39 is 0 Å². The van der Waals surface area contributed by atoms with Crippen molar-refractivity contribution in [2.75, 3.05) is 17.2 Å². The fourth-order valence-corrected chi connectivity index (χ4v) is 2.89. The average Bonchev–Trinajstić information content (AvgIpc) is 2.66. The molecule has 0 spiro atoms. The predicted molar refractivity (Wildman–Crippen MR) is 84.1 cm³/mol. The van der Waals surface area contributed by atoms with Crippen molar-refractivity contribution in [3.05, 3.63) is 52.7 Å². The lowest BCUT2D eigenvalue weighted by atomic mass is 10.1. The molecule has 2 aromatic rings. The van der Waals surface area contributed by atoms with Crippen LogP contribution in [0, 0.1) is 0 Å². The van der Waals surface area contributed by atoms with Crippen LogP contribution >= 0.6 is 11.6 Å². The molecule has 3 rings (SSSR count). The first-order valence-corrected chi connectivity index (χ1v) is 7.35. The molecule has 104 valence electrons. The van der Waals surface area contributed by atoms with E-state index in [-0.39, 0.29) is 0 Å². The van der Waals surface area contributed by atoms with Crippen molar-refractivity contribution in [1.82, 2.24) is 4.98 Å². The fourth-order valence-electron chi connectivity index (χ4n) is 2.73. The van der Waals surface area contributed by atoms with Gasteiger partial charge in [-0.2, -0.15) is 0 Å². The quantitative estimate of drug-likeness (QED) is 0.916. The monoisotopic (exact) mass is 287 g/mol. The van der Waals surface area contributed by atoms with Crippen molar-refractivity contribution in [3.63, 3.8) is 0 Å². The number of aryl methyl sites for hydroxylation is 1. The van der Waals surface area contributed by atoms with Gasteiger partial charge in [-0.3, -0.25) is 0 Å². The number of hydrogen-bond acceptors (Lipinski definition) is 3. The molecule has 0 radical (unpaired) electrons. The summed E-state index contributed by atoms with van der Waals surface area (Å²) >= 11 is 6.24. The minimum atomic E-state index is 0.521. The number of benzene rings is 1. The van der Waals surface area contributed by atoms with Crippen LogP contribution in [0.5, 0.6) is 0 Å². The highest BCUT2D eigenvalue weighted by atomic mass is 35.5. The molecule has 0 saturated carbocycles. The van der Waals surface area contributed by atoms with Crippen LogP contribution < -0.4 is 10.6 Å². The van der Waals surface area contributed by atoms with Crippen LogP contribution in [-0.4, -0.2) is 11.5 Å². The molecule has 4 heteroatoms. The molecule has 1 aliphatic rings. The number of aromatic nitrogens is 1. The summed E-state index contributed by atoms with van der Waals surface area (Å²) in [5.41, 5.74) is 9.32. The second-order valence-corrected chi connectivity index (χ2v) is 5.58. The molecule has 0 unspecified atom stereocenters. The molecule has 1 aliphatic heterocycles. The lowest BCUT2D eigenvalue weighted by Gasteiger charge is -2.25. The first-order chi connectivity index (χ1) is 9.74. The van der Waals surface area contributed by atoms with Gasteiger partial charge in [-0.25, -0.2) is 4.98 Å². The largest absolute Gasteiger partial charge is 0.384 e. The summed E-state index contributed by atoms with van der Waals surface area (Å²) < 4.78 is 0. The van der Waals surface area contributed by atoms with Gasteiger partial charge in [0, 0.05) is 12.2 Å². The summed E-state index contributed by atoms with van der Waals surface area (Å²) in [6.45, 7) is 1.74. The van der Waals surface area contributed by atoms with Crippen LogP contribution in [0.4, 0.5) is 11.5 Å². The summed E-state index contributed by atoms with van der Waals surface area (Å²) in [7, 11) is 0. The molecule has 1 aromatic carbocycles. The van der Waals surface area contributed by atoms with E-state index in [1.54, 1.807) is 6.07 Å². The zero-order valence-electron chi connectivity index (χ0n) is 11.3. The molecule has 2 heterocycles. The molecule has 3 nitrogen and oxygen atoms in total. The van der Waals surface area contributed by atoms with E-state index in [9.17, 15) is 0 Å². The van der Waals surface area contributed by atoms with Gasteiger partial charge in [-0.05, 0) is 43.0 Å². The van der Waals surface area contributed by atoms with Crippen molar-refractivity contribution in [1.29, 1.82) is 0 Å². The number of rotatable bonds is 2. The molecule has 0 saturated heterocycles. The maximum atomic E-state index is 6.24. The Morgan fingerprint density at radius 3 is 2.90 bits per heavy atom. The van der Waals surface area contributed by atoms with Gasteiger partial charge in [-0.15, -0.1) is 0 Å². The number of halogens is 1. The summed E-state index contributed by atoms with van der Waals surface area (Å²) in [5.74, 6) is 0.521. The molecule has 0 atom stereocenters. The van der Waals surface area contributed by atoms with Gasteiger partial charge in [-0.1, -0.05) is 29.8 Å². The van der Waals surface area contributed by atoms with Crippen LogP contribution in [0.1, 0.15) is 24.1 Å². The number of pyridine rings is 1. The van der Waals surface area contributed by atoms with Crippen molar-refractivity contribution < 1.29 is 0 Å². The Balaban J connectivity index is 1.92. The zero-order valence-corrected chi connectivity index (χ0v) is 12.1. The van der Waals surface area contributed by atoms with Crippen LogP contribution in [-0.2, 0) is 13.0 Å². The van der Waals surface area contributed by atoms with Crippen molar-refractivity contribution in [2.24, 2.45) is 0 Å². The SMILES string of the molecule is Nc1ccc(Cl)c(CN2CCCCc3ccccc32)n1. The highest BCUT2D eigenvalue weighted by Crippen LogP contribution is 2.28. The van der Waals surface area contributed by atoms with E-state index >= 15 is 0 Å². The van der Waals surface area contributed by atoms with E-state index in [1.807, 2.05) is 6.07 Å². The number of nitrogens with two attached hydrogens (primary N) is 1. The number of para-hydroxylation sites is 1. The van der Waals surface area contributed by atoms with Crippen molar-refractivity contribution in [2.45, 2.75) is 25.8 Å². The molecule has 0 fully saturated rings. The molecule has 0 aliphatic carbocycles. The second-order valence-electron chi connectivity index (χ2n) is 5.17. The van der Waals surface area contributed by atoms with Gasteiger partial charge in [0.15, 0.2) is 0 Å². The molecular formula is C16H18ClN3. The van der Waals surface area contributed by atoms with Crippen LogP contribution in [0.25, 0.3) is 0 Å². The topological polar surface area (TPSA) is 42.1 Å². The molecular weight excluding hydrogens is 270 g/mol. The maximum Gasteiger partial charge on any atom is 0.123 e. The van der Waals surface area contributed by atoms with Gasteiger partial charge in [0.25, 0.3) is 0 Å². The highest BCUT2D eigenvalue weighted by Gasteiger charge is 2.16. The molecule has 1 aromatic heterocycles. The molecule has 2 N–H and O–H groups in total. The van der Waals surface area contributed by atoms with E-state index in [2.05, 4.69) is 34.1 Å². The van der Waals surface area contributed by atoms with Gasteiger partial charge >= 0.3 is 0 Å².